The van der Waals surface area contributed by atoms with Gasteiger partial charge in [-0.05, 0) is 38.5 Å². The molecule has 6 nitrogen and oxygen atoms in total. The van der Waals surface area contributed by atoms with Gasteiger partial charge in [0, 0.05) is 28.1 Å². The SMILES string of the molecule is Cc1cc(C)n2c(SCC(=O)N3CC[C@@H](C)Sc4ccccc43)nnc2n1. The molecule has 1 atom stereocenters. The molecule has 1 aromatic carbocycles. The van der Waals surface area contributed by atoms with E-state index >= 15 is 0 Å². The van der Waals surface area contributed by atoms with Gasteiger partial charge in [-0.2, -0.15) is 0 Å². The molecule has 0 aliphatic carbocycles. The first-order valence-electron chi connectivity index (χ1n) is 8.91. The Hall–Kier alpha value is -2.06. The van der Waals surface area contributed by atoms with Gasteiger partial charge in [-0.1, -0.05) is 30.8 Å². The van der Waals surface area contributed by atoms with Crippen molar-refractivity contribution in [2.24, 2.45) is 0 Å². The van der Waals surface area contributed by atoms with Crippen molar-refractivity contribution in [2.75, 3.05) is 17.2 Å². The number of hydrogen-bond donors (Lipinski definition) is 0. The van der Waals surface area contributed by atoms with Crippen LogP contribution in [0.5, 0.6) is 0 Å². The van der Waals surface area contributed by atoms with Crippen LogP contribution in [0.15, 0.2) is 40.4 Å². The summed E-state index contributed by atoms with van der Waals surface area (Å²) in [5.74, 6) is 0.992. The van der Waals surface area contributed by atoms with Crippen molar-refractivity contribution in [3.05, 3.63) is 41.7 Å². The summed E-state index contributed by atoms with van der Waals surface area (Å²) in [4.78, 5) is 20.5. The molecule has 0 N–H and O–H groups in total. The lowest BCUT2D eigenvalue weighted by Gasteiger charge is -2.22. The highest BCUT2D eigenvalue weighted by molar-refractivity contribution is 8.00. The van der Waals surface area contributed by atoms with E-state index in [1.54, 1.807) is 0 Å². The van der Waals surface area contributed by atoms with Crippen LogP contribution in [0, 0.1) is 13.8 Å². The van der Waals surface area contributed by atoms with E-state index in [2.05, 4.69) is 28.2 Å². The third kappa shape index (κ3) is 3.68. The minimum absolute atomic E-state index is 0.0941. The van der Waals surface area contributed by atoms with Gasteiger partial charge in [0.15, 0.2) is 5.16 Å². The Kier molecular flexibility index (Phi) is 5.10. The molecular weight excluding hydrogens is 378 g/mol. The van der Waals surface area contributed by atoms with E-state index in [1.165, 1.54) is 16.7 Å². The van der Waals surface area contributed by atoms with E-state index in [4.69, 9.17) is 0 Å². The van der Waals surface area contributed by atoms with Gasteiger partial charge in [-0.3, -0.25) is 9.20 Å². The molecule has 0 spiro atoms. The summed E-state index contributed by atoms with van der Waals surface area (Å²) < 4.78 is 1.90. The Morgan fingerprint density at radius 3 is 2.96 bits per heavy atom. The molecule has 0 fully saturated rings. The Bertz CT molecular complexity index is 1000. The molecule has 0 saturated heterocycles. The minimum atomic E-state index is 0.0941. The number of benzene rings is 1. The fourth-order valence-corrected chi connectivity index (χ4v) is 5.22. The zero-order valence-corrected chi connectivity index (χ0v) is 17.2. The van der Waals surface area contributed by atoms with Crippen molar-refractivity contribution in [2.45, 2.75) is 42.5 Å². The largest absolute Gasteiger partial charge is 0.311 e. The number of aryl methyl sites for hydroxylation is 2. The lowest BCUT2D eigenvalue weighted by atomic mass is 10.2. The molecule has 3 aromatic rings. The lowest BCUT2D eigenvalue weighted by Crippen LogP contribution is -2.33. The van der Waals surface area contributed by atoms with Gasteiger partial charge in [0.2, 0.25) is 5.91 Å². The molecule has 2 aromatic heterocycles. The summed E-state index contributed by atoms with van der Waals surface area (Å²) in [6, 6.07) is 10.1. The molecule has 0 saturated carbocycles. The second-order valence-corrected chi connectivity index (χ2v) is 9.10. The summed E-state index contributed by atoms with van der Waals surface area (Å²) in [7, 11) is 0. The van der Waals surface area contributed by atoms with Crippen molar-refractivity contribution in [1.82, 2.24) is 19.6 Å². The molecule has 1 amide bonds. The number of aromatic nitrogens is 4. The minimum Gasteiger partial charge on any atom is -0.311 e. The average molecular weight is 400 g/mol. The molecule has 1 aliphatic rings. The summed E-state index contributed by atoms with van der Waals surface area (Å²) >= 11 is 3.25. The van der Waals surface area contributed by atoms with Gasteiger partial charge in [-0.15, -0.1) is 22.0 Å². The standard InChI is InChI=1S/C19H21N5OS2/c1-12-10-13(2)24-18(20-12)21-22-19(24)26-11-17(25)23-9-8-14(3)27-16-7-5-4-6-15(16)23/h4-7,10,14H,8-9,11H2,1-3H3/t14-/m1/s1. The number of nitrogens with zero attached hydrogens (tertiary/aromatic N) is 5. The first-order chi connectivity index (χ1) is 13.0. The zero-order valence-electron chi connectivity index (χ0n) is 15.5. The van der Waals surface area contributed by atoms with E-state index in [9.17, 15) is 4.79 Å². The highest BCUT2D eigenvalue weighted by atomic mass is 32.2. The van der Waals surface area contributed by atoms with Crippen LogP contribution in [0.2, 0.25) is 0 Å². The maximum atomic E-state index is 13.0. The summed E-state index contributed by atoms with van der Waals surface area (Å²) in [6.07, 6.45) is 0.978. The smallest absolute Gasteiger partial charge is 0.256 e. The van der Waals surface area contributed by atoms with Crippen LogP contribution in [-0.2, 0) is 4.79 Å². The molecule has 27 heavy (non-hydrogen) atoms. The van der Waals surface area contributed by atoms with Crippen LogP contribution in [-0.4, -0.2) is 43.0 Å². The topological polar surface area (TPSA) is 63.4 Å². The van der Waals surface area contributed by atoms with Gasteiger partial charge >= 0.3 is 0 Å². The highest BCUT2D eigenvalue weighted by Crippen LogP contribution is 2.37. The van der Waals surface area contributed by atoms with Gasteiger partial charge in [0.1, 0.15) is 0 Å². The lowest BCUT2D eigenvalue weighted by molar-refractivity contribution is -0.116. The third-order valence-corrected chi connectivity index (χ3v) is 6.68. The van der Waals surface area contributed by atoms with Crippen LogP contribution in [0.25, 0.3) is 5.78 Å². The predicted molar refractivity (Wildman–Crippen MR) is 110 cm³/mol. The Balaban J connectivity index is 1.55. The molecule has 0 unspecified atom stereocenters. The normalized spacial score (nSPS) is 17.0. The number of rotatable bonds is 3. The predicted octanol–water partition coefficient (Wildman–Crippen LogP) is 3.75. The highest BCUT2D eigenvalue weighted by Gasteiger charge is 2.24. The second-order valence-electron chi connectivity index (χ2n) is 6.68. The first-order valence-corrected chi connectivity index (χ1v) is 10.8. The number of thioether (sulfide) groups is 2. The van der Waals surface area contributed by atoms with Crippen molar-refractivity contribution >= 4 is 40.9 Å². The van der Waals surface area contributed by atoms with Crippen LogP contribution < -0.4 is 4.90 Å². The maximum absolute atomic E-state index is 13.0. The number of fused-ring (bicyclic) bond motifs is 2. The molecule has 4 rings (SSSR count). The van der Waals surface area contributed by atoms with E-state index in [0.717, 1.165) is 30.0 Å². The molecule has 0 bridgehead atoms. The Morgan fingerprint density at radius 1 is 1.30 bits per heavy atom. The molecule has 8 heteroatoms. The van der Waals surface area contributed by atoms with Crippen molar-refractivity contribution in [3.8, 4) is 0 Å². The average Bonchev–Trinajstić information content (AvgIpc) is 2.95. The van der Waals surface area contributed by atoms with Gasteiger partial charge in [0.05, 0.1) is 11.4 Å². The number of carbonyl (C=O) groups is 1. The maximum Gasteiger partial charge on any atom is 0.256 e. The van der Waals surface area contributed by atoms with Gasteiger partial charge < -0.3 is 4.90 Å². The number of amides is 1. The van der Waals surface area contributed by atoms with Gasteiger partial charge in [-0.25, -0.2) is 4.98 Å². The zero-order chi connectivity index (χ0) is 19.0. The third-order valence-electron chi connectivity index (χ3n) is 4.53. The summed E-state index contributed by atoms with van der Waals surface area (Å²) in [5, 5.41) is 9.57. The van der Waals surface area contributed by atoms with Crippen molar-refractivity contribution < 1.29 is 4.79 Å². The van der Waals surface area contributed by atoms with Crippen molar-refractivity contribution in [1.29, 1.82) is 0 Å². The van der Waals surface area contributed by atoms with E-state index in [1.807, 2.05) is 59.2 Å². The molecule has 1 aliphatic heterocycles. The number of carbonyl (C=O) groups excluding carboxylic acids is 1. The van der Waals surface area contributed by atoms with E-state index in [-0.39, 0.29) is 5.91 Å². The molecule has 0 radical (unpaired) electrons. The van der Waals surface area contributed by atoms with E-state index in [0.29, 0.717) is 21.9 Å². The molecular formula is C19H21N5OS2. The fourth-order valence-electron chi connectivity index (χ4n) is 3.24. The Labute approximate surface area is 166 Å². The van der Waals surface area contributed by atoms with Crippen LogP contribution in [0.1, 0.15) is 24.7 Å². The quantitative estimate of drug-likeness (QED) is 0.625. The number of anilines is 1. The van der Waals surface area contributed by atoms with Crippen LogP contribution >= 0.6 is 23.5 Å². The van der Waals surface area contributed by atoms with Crippen LogP contribution in [0.4, 0.5) is 5.69 Å². The summed E-state index contributed by atoms with van der Waals surface area (Å²) in [6.45, 7) is 6.89. The monoisotopic (exact) mass is 399 g/mol. The number of hydrogen-bond acceptors (Lipinski definition) is 6. The summed E-state index contributed by atoms with van der Waals surface area (Å²) in [5.41, 5.74) is 2.94. The Morgan fingerprint density at radius 2 is 2.11 bits per heavy atom. The number of para-hydroxylation sites is 1. The molecule has 3 heterocycles. The van der Waals surface area contributed by atoms with E-state index < -0.39 is 0 Å². The second kappa shape index (κ2) is 7.52. The van der Waals surface area contributed by atoms with Crippen LogP contribution in [0.3, 0.4) is 0 Å². The molecule has 140 valence electrons. The van der Waals surface area contributed by atoms with Crippen molar-refractivity contribution in [3.63, 3.8) is 0 Å². The van der Waals surface area contributed by atoms with Gasteiger partial charge in [0.25, 0.3) is 5.78 Å². The first kappa shape index (κ1) is 18.3. The fraction of sp³-hybridized carbons (Fsp3) is 0.368.